The van der Waals surface area contributed by atoms with Gasteiger partial charge in [0.1, 0.15) is 5.75 Å². The summed E-state index contributed by atoms with van der Waals surface area (Å²) in [7, 11) is 1.65. The molecule has 0 radical (unpaired) electrons. The van der Waals surface area contributed by atoms with Crippen LogP contribution in [-0.4, -0.2) is 18.3 Å². The minimum atomic E-state index is -0.483. The average molecular weight is 252 g/mol. The van der Waals surface area contributed by atoms with E-state index in [-0.39, 0.29) is 5.92 Å². The molecule has 0 saturated heterocycles. The first kappa shape index (κ1) is 12.0. The van der Waals surface area contributed by atoms with E-state index in [0.29, 0.717) is 0 Å². The number of aliphatic hydroxyl groups is 1. The predicted molar refractivity (Wildman–Crippen MR) is 76.4 cm³/mol. The Morgan fingerprint density at radius 3 is 2.16 bits per heavy atom. The highest BCUT2D eigenvalue weighted by Crippen LogP contribution is 2.25. The van der Waals surface area contributed by atoms with Gasteiger partial charge in [-0.2, -0.15) is 0 Å². The van der Waals surface area contributed by atoms with Gasteiger partial charge in [0.2, 0.25) is 0 Å². The van der Waals surface area contributed by atoms with Gasteiger partial charge in [0, 0.05) is 5.92 Å². The fraction of sp³-hybridized carbons (Fsp3) is 0.176. The standard InChI is InChI=1S/C17H16O2/c1-19-15-8-6-12(7-9-15)16-10-13-4-2-3-5-14(13)11-17(16)18/h2-11,16-18H,1H3/t16-,17+/m1/s1. The monoisotopic (exact) mass is 252 g/mol. The number of hydrogen-bond acceptors (Lipinski definition) is 2. The highest BCUT2D eigenvalue weighted by molar-refractivity contribution is 5.52. The molecule has 2 aromatic rings. The summed E-state index contributed by atoms with van der Waals surface area (Å²) in [5, 5.41) is 12.5. The molecule has 0 heterocycles. The van der Waals surface area contributed by atoms with Crippen molar-refractivity contribution in [2.45, 2.75) is 12.0 Å². The molecule has 0 saturated carbocycles. The quantitative estimate of drug-likeness (QED) is 0.876. The van der Waals surface area contributed by atoms with Crippen LogP contribution in [0, 0.1) is 0 Å². The number of hydrogen-bond donors (Lipinski definition) is 1. The molecular formula is C17H16O2. The third-order valence-corrected chi connectivity index (χ3v) is 3.57. The molecule has 2 atom stereocenters. The van der Waals surface area contributed by atoms with Gasteiger partial charge < -0.3 is 9.84 Å². The minimum absolute atomic E-state index is 0.000746. The van der Waals surface area contributed by atoms with E-state index in [4.69, 9.17) is 4.74 Å². The molecule has 0 amide bonds. The lowest BCUT2D eigenvalue weighted by molar-refractivity contribution is 0.226. The molecule has 0 aromatic heterocycles. The molecule has 0 aliphatic heterocycles. The van der Waals surface area contributed by atoms with E-state index >= 15 is 0 Å². The van der Waals surface area contributed by atoms with Crippen molar-refractivity contribution in [2.75, 3.05) is 7.11 Å². The first-order valence-corrected chi connectivity index (χ1v) is 6.39. The summed E-state index contributed by atoms with van der Waals surface area (Å²) in [6.45, 7) is 0. The summed E-state index contributed by atoms with van der Waals surface area (Å²) >= 11 is 0. The number of benzene rings is 2. The van der Waals surface area contributed by atoms with Gasteiger partial charge in [0.25, 0.3) is 0 Å². The van der Waals surface area contributed by atoms with Crippen LogP contribution in [0.1, 0.15) is 11.5 Å². The van der Waals surface area contributed by atoms with Crippen LogP contribution in [0.4, 0.5) is 0 Å². The smallest absolute Gasteiger partial charge is 0.118 e. The first-order valence-electron chi connectivity index (χ1n) is 6.39. The van der Waals surface area contributed by atoms with Crippen LogP contribution >= 0.6 is 0 Å². The fourth-order valence-electron chi connectivity index (χ4n) is 2.51. The number of rotatable bonds is 2. The SMILES string of the molecule is COc1ccc([C@H]2C=c3ccccc3=C[C@@H]2O)cc1. The lowest BCUT2D eigenvalue weighted by Gasteiger charge is -2.20. The van der Waals surface area contributed by atoms with Gasteiger partial charge in [-0.25, -0.2) is 0 Å². The molecule has 3 rings (SSSR count). The molecule has 0 fully saturated rings. The van der Waals surface area contributed by atoms with Crippen LogP contribution in [0.25, 0.3) is 12.2 Å². The summed E-state index contributed by atoms with van der Waals surface area (Å²) < 4.78 is 5.16. The summed E-state index contributed by atoms with van der Waals surface area (Å²) in [6, 6.07) is 16.0. The molecular weight excluding hydrogens is 236 g/mol. The molecule has 1 N–H and O–H groups in total. The Balaban J connectivity index is 2.04. The summed E-state index contributed by atoms with van der Waals surface area (Å²) in [4.78, 5) is 0. The van der Waals surface area contributed by atoms with Gasteiger partial charge >= 0.3 is 0 Å². The second-order valence-electron chi connectivity index (χ2n) is 4.75. The van der Waals surface area contributed by atoms with Gasteiger partial charge in [-0.1, -0.05) is 42.5 Å². The normalized spacial score (nSPS) is 20.9. The maximum atomic E-state index is 10.3. The van der Waals surface area contributed by atoms with Crippen molar-refractivity contribution >= 4 is 12.2 Å². The van der Waals surface area contributed by atoms with E-state index in [1.54, 1.807) is 7.11 Å². The van der Waals surface area contributed by atoms with Crippen LogP contribution in [0.2, 0.25) is 0 Å². The Morgan fingerprint density at radius 2 is 1.53 bits per heavy atom. The molecule has 0 unspecified atom stereocenters. The van der Waals surface area contributed by atoms with Crippen molar-refractivity contribution in [1.82, 2.24) is 0 Å². The molecule has 19 heavy (non-hydrogen) atoms. The third kappa shape index (κ3) is 2.27. The zero-order valence-corrected chi connectivity index (χ0v) is 10.8. The van der Waals surface area contributed by atoms with Crippen LogP contribution in [0.5, 0.6) is 5.75 Å². The zero-order valence-electron chi connectivity index (χ0n) is 10.8. The van der Waals surface area contributed by atoms with Gasteiger partial charge in [-0.05, 0) is 34.2 Å². The third-order valence-electron chi connectivity index (χ3n) is 3.57. The van der Waals surface area contributed by atoms with E-state index in [1.165, 1.54) is 5.22 Å². The van der Waals surface area contributed by atoms with Crippen molar-refractivity contribution in [3.8, 4) is 5.75 Å². The fourth-order valence-corrected chi connectivity index (χ4v) is 2.51. The summed E-state index contributed by atoms with van der Waals surface area (Å²) in [6.07, 6.45) is 3.56. The predicted octanol–water partition coefficient (Wildman–Crippen LogP) is 1.41. The Kier molecular flexibility index (Phi) is 3.10. The van der Waals surface area contributed by atoms with Gasteiger partial charge in [-0.3, -0.25) is 0 Å². The largest absolute Gasteiger partial charge is 0.497 e. The Bertz CT molecular complexity index is 686. The molecule has 1 aliphatic rings. The number of ether oxygens (including phenoxy) is 1. The molecule has 2 heteroatoms. The van der Waals surface area contributed by atoms with Gasteiger partial charge in [0.15, 0.2) is 0 Å². The molecule has 2 aromatic carbocycles. The highest BCUT2D eigenvalue weighted by atomic mass is 16.5. The average Bonchev–Trinajstić information content (AvgIpc) is 2.47. The maximum Gasteiger partial charge on any atom is 0.118 e. The minimum Gasteiger partial charge on any atom is -0.497 e. The topological polar surface area (TPSA) is 29.5 Å². The summed E-state index contributed by atoms with van der Waals surface area (Å²) in [5.41, 5.74) is 1.10. The number of aliphatic hydroxyl groups excluding tert-OH is 1. The summed E-state index contributed by atoms with van der Waals surface area (Å²) in [5.74, 6) is 0.833. The second-order valence-corrected chi connectivity index (χ2v) is 4.75. The van der Waals surface area contributed by atoms with Crippen LogP contribution in [-0.2, 0) is 0 Å². The van der Waals surface area contributed by atoms with Crippen molar-refractivity contribution < 1.29 is 9.84 Å². The van der Waals surface area contributed by atoms with Crippen molar-refractivity contribution in [3.63, 3.8) is 0 Å². The molecule has 0 spiro atoms. The van der Waals surface area contributed by atoms with Crippen LogP contribution in [0.3, 0.4) is 0 Å². The molecule has 2 nitrogen and oxygen atoms in total. The highest BCUT2D eigenvalue weighted by Gasteiger charge is 2.19. The lowest BCUT2D eigenvalue weighted by Crippen LogP contribution is -2.34. The number of methoxy groups -OCH3 is 1. The van der Waals surface area contributed by atoms with Crippen molar-refractivity contribution in [3.05, 3.63) is 64.5 Å². The lowest BCUT2D eigenvalue weighted by atomic mass is 9.88. The van der Waals surface area contributed by atoms with E-state index in [9.17, 15) is 5.11 Å². The van der Waals surface area contributed by atoms with E-state index in [0.717, 1.165) is 16.5 Å². The van der Waals surface area contributed by atoms with Crippen LogP contribution in [0.15, 0.2) is 48.5 Å². The zero-order chi connectivity index (χ0) is 13.2. The van der Waals surface area contributed by atoms with E-state index in [2.05, 4.69) is 12.1 Å². The Hall–Kier alpha value is -2.06. The number of fused-ring (bicyclic) bond motifs is 1. The van der Waals surface area contributed by atoms with E-state index in [1.807, 2.05) is 48.5 Å². The molecule has 1 aliphatic carbocycles. The van der Waals surface area contributed by atoms with Crippen molar-refractivity contribution in [1.29, 1.82) is 0 Å². The van der Waals surface area contributed by atoms with Crippen LogP contribution < -0.4 is 15.2 Å². The second kappa shape index (κ2) is 4.90. The molecule has 96 valence electrons. The molecule has 0 bridgehead atoms. The maximum absolute atomic E-state index is 10.3. The van der Waals surface area contributed by atoms with Gasteiger partial charge in [-0.15, -0.1) is 0 Å². The Morgan fingerprint density at radius 1 is 0.895 bits per heavy atom. The van der Waals surface area contributed by atoms with Gasteiger partial charge in [0.05, 0.1) is 13.2 Å². The Labute approximate surface area is 112 Å². The van der Waals surface area contributed by atoms with Crippen molar-refractivity contribution in [2.24, 2.45) is 0 Å². The first-order chi connectivity index (χ1) is 9.28. The van der Waals surface area contributed by atoms with E-state index < -0.39 is 6.10 Å².